The van der Waals surface area contributed by atoms with Crippen molar-refractivity contribution in [1.29, 1.82) is 0 Å². The SMILES string of the molecule is COc1ccccc1N1CCN(C(=O)c2cc(N3CCN(C)CC3)ccn2)CC1. The molecule has 1 aromatic heterocycles. The van der Waals surface area contributed by atoms with Crippen molar-refractivity contribution in [2.24, 2.45) is 0 Å². The molecule has 2 aliphatic rings. The third-order valence-electron chi connectivity index (χ3n) is 5.82. The molecule has 2 fully saturated rings. The second-order valence-electron chi connectivity index (χ2n) is 7.64. The average Bonchev–Trinajstić information content (AvgIpc) is 2.79. The van der Waals surface area contributed by atoms with Gasteiger partial charge in [0.15, 0.2) is 0 Å². The molecule has 2 aliphatic heterocycles. The fourth-order valence-corrected chi connectivity index (χ4v) is 4.00. The molecule has 1 amide bonds. The van der Waals surface area contributed by atoms with E-state index in [0.717, 1.165) is 56.4 Å². The van der Waals surface area contributed by atoms with Crippen molar-refractivity contribution >= 4 is 17.3 Å². The number of ether oxygens (including phenoxy) is 1. The number of rotatable bonds is 4. The van der Waals surface area contributed by atoms with Gasteiger partial charge < -0.3 is 24.3 Å². The fourth-order valence-electron chi connectivity index (χ4n) is 4.00. The van der Waals surface area contributed by atoms with E-state index in [0.29, 0.717) is 18.8 Å². The quantitative estimate of drug-likeness (QED) is 0.787. The first-order chi connectivity index (χ1) is 14.2. The molecule has 2 saturated heterocycles. The predicted octanol–water partition coefficient (Wildman–Crippen LogP) is 1.80. The van der Waals surface area contributed by atoms with Gasteiger partial charge in [-0.05, 0) is 31.3 Å². The molecule has 0 aliphatic carbocycles. The van der Waals surface area contributed by atoms with Gasteiger partial charge in [0.25, 0.3) is 5.91 Å². The van der Waals surface area contributed by atoms with Crippen LogP contribution in [0, 0.1) is 0 Å². The van der Waals surface area contributed by atoms with Crippen LogP contribution in [0.15, 0.2) is 42.6 Å². The monoisotopic (exact) mass is 395 g/mol. The summed E-state index contributed by atoms with van der Waals surface area (Å²) in [6, 6.07) is 12.0. The van der Waals surface area contributed by atoms with E-state index in [1.165, 1.54) is 0 Å². The van der Waals surface area contributed by atoms with Gasteiger partial charge >= 0.3 is 0 Å². The van der Waals surface area contributed by atoms with E-state index in [2.05, 4.69) is 32.8 Å². The van der Waals surface area contributed by atoms with Gasteiger partial charge in [-0.15, -0.1) is 0 Å². The van der Waals surface area contributed by atoms with Crippen LogP contribution in [0.2, 0.25) is 0 Å². The molecule has 3 heterocycles. The van der Waals surface area contributed by atoms with E-state index in [9.17, 15) is 4.79 Å². The maximum absolute atomic E-state index is 13.0. The van der Waals surface area contributed by atoms with E-state index in [1.54, 1.807) is 13.3 Å². The number of hydrogen-bond acceptors (Lipinski definition) is 6. The largest absolute Gasteiger partial charge is 0.495 e. The van der Waals surface area contributed by atoms with Gasteiger partial charge in [0, 0.05) is 64.2 Å². The molecule has 7 heteroatoms. The Bertz CT molecular complexity index is 843. The number of pyridine rings is 1. The van der Waals surface area contributed by atoms with Crippen molar-refractivity contribution < 1.29 is 9.53 Å². The van der Waals surface area contributed by atoms with Crippen LogP contribution in [0.5, 0.6) is 5.75 Å². The number of aromatic nitrogens is 1. The van der Waals surface area contributed by atoms with Crippen molar-refractivity contribution in [3.05, 3.63) is 48.3 Å². The Labute approximate surface area is 172 Å². The van der Waals surface area contributed by atoms with Crippen molar-refractivity contribution in [1.82, 2.24) is 14.8 Å². The molecule has 1 aromatic carbocycles. The number of likely N-dealkylation sites (N-methyl/N-ethyl adjacent to an activating group) is 1. The van der Waals surface area contributed by atoms with E-state index in [4.69, 9.17) is 4.74 Å². The summed E-state index contributed by atoms with van der Waals surface area (Å²) in [7, 11) is 3.83. The number of methoxy groups -OCH3 is 1. The average molecular weight is 396 g/mol. The third kappa shape index (κ3) is 4.29. The number of amides is 1. The van der Waals surface area contributed by atoms with Crippen LogP contribution in [0.3, 0.4) is 0 Å². The summed E-state index contributed by atoms with van der Waals surface area (Å²) >= 11 is 0. The number of benzene rings is 1. The Morgan fingerprint density at radius 1 is 0.931 bits per heavy atom. The molecule has 0 spiro atoms. The lowest BCUT2D eigenvalue weighted by Gasteiger charge is -2.36. The minimum absolute atomic E-state index is 0.0145. The molecule has 154 valence electrons. The Morgan fingerprint density at radius 2 is 1.62 bits per heavy atom. The van der Waals surface area contributed by atoms with Crippen LogP contribution in [0.4, 0.5) is 11.4 Å². The van der Waals surface area contributed by atoms with Crippen molar-refractivity contribution in [3.8, 4) is 5.75 Å². The first kappa shape index (κ1) is 19.5. The molecule has 0 saturated carbocycles. The standard InChI is InChI=1S/C22H29N5O2/c1-24-9-11-25(12-10-24)18-7-8-23-19(17-18)22(28)27-15-13-26(14-16-27)20-5-3-4-6-21(20)29-2/h3-8,17H,9-16H2,1-2H3. The molecule has 0 bridgehead atoms. The highest BCUT2D eigenvalue weighted by Crippen LogP contribution is 2.28. The summed E-state index contributed by atoms with van der Waals surface area (Å²) in [6.45, 7) is 6.95. The minimum Gasteiger partial charge on any atom is -0.495 e. The maximum atomic E-state index is 13.0. The van der Waals surface area contributed by atoms with Gasteiger partial charge in [-0.2, -0.15) is 0 Å². The van der Waals surface area contributed by atoms with Gasteiger partial charge in [0.05, 0.1) is 12.8 Å². The summed E-state index contributed by atoms with van der Waals surface area (Å²) in [6.07, 6.45) is 1.76. The smallest absolute Gasteiger partial charge is 0.272 e. The Kier molecular flexibility index (Phi) is 5.85. The predicted molar refractivity (Wildman–Crippen MR) is 115 cm³/mol. The zero-order valence-electron chi connectivity index (χ0n) is 17.3. The molecule has 29 heavy (non-hydrogen) atoms. The van der Waals surface area contributed by atoms with Gasteiger partial charge in [0.1, 0.15) is 11.4 Å². The highest BCUT2D eigenvalue weighted by atomic mass is 16.5. The molecule has 7 nitrogen and oxygen atoms in total. The van der Waals surface area contributed by atoms with Gasteiger partial charge in [-0.1, -0.05) is 12.1 Å². The number of piperazine rings is 2. The lowest BCUT2D eigenvalue weighted by molar-refractivity contribution is 0.0741. The van der Waals surface area contributed by atoms with Crippen molar-refractivity contribution in [2.75, 3.05) is 76.3 Å². The molecule has 0 unspecified atom stereocenters. The third-order valence-corrected chi connectivity index (χ3v) is 5.82. The van der Waals surface area contributed by atoms with Gasteiger partial charge in [0.2, 0.25) is 0 Å². The number of carbonyl (C=O) groups excluding carboxylic acids is 1. The Hall–Kier alpha value is -2.80. The van der Waals surface area contributed by atoms with Crippen LogP contribution in [0.1, 0.15) is 10.5 Å². The van der Waals surface area contributed by atoms with Gasteiger partial charge in [-0.25, -0.2) is 0 Å². The van der Waals surface area contributed by atoms with Crippen LogP contribution in [0.25, 0.3) is 0 Å². The fraction of sp³-hybridized carbons (Fsp3) is 0.455. The molecule has 0 radical (unpaired) electrons. The molecule has 4 rings (SSSR count). The van der Waals surface area contributed by atoms with Crippen LogP contribution in [-0.4, -0.2) is 87.2 Å². The summed E-state index contributed by atoms with van der Waals surface area (Å²) in [4.78, 5) is 26.2. The summed E-state index contributed by atoms with van der Waals surface area (Å²) in [5.41, 5.74) is 2.70. The van der Waals surface area contributed by atoms with E-state index in [1.807, 2.05) is 35.2 Å². The van der Waals surface area contributed by atoms with Crippen molar-refractivity contribution in [2.45, 2.75) is 0 Å². The zero-order chi connectivity index (χ0) is 20.2. The number of nitrogens with zero attached hydrogens (tertiary/aromatic N) is 5. The zero-order valence-corrected chi connectivity index (χ0v) is 17.3. The number of anilines is 2. The summed E-state index contributed by atoms with van der Waals surface area (Å²) < 4.78 is 5.48. The van der Waals surface area contributed by atoms with Crippen LogP contribution in [-0.2, 0) is 0 Å². The van der Waals surface area contributed by atoms with Crippen molar-refractivity contribution in [3.63, 3.8) is 0 Å². The molecule has 2 aromatic rings. The summed E-state index contributed by atoms with van der Waals surface area (Å²) in [5.74, 6) is 0.884. The number of hydrogen-bond donors (Lipinski definition) is 0. The second kappa shape index (κ2) is 8.69. The molecular formula is C22H29N5O2. The Morgan fingerprint density at radius 3 is 2.34 bits per heavy atom. The second-order valence-corrected chi connectivity index (χ2v) is 7.64. The van der Waals surface area contributed by atoms with E-state index in [-0.39, 0.29) is 5.91 Å². The van der Waals surface area contributed by atoms with E-state index < -0.39 is 0 Å². The topological polar surface area (TPSA) is 52.2 Å². The lowest BCUT2D eigenvalue weighted by Crippen LogP contribution is -2.49. The highest BCUT2D eigenvalue weighted by molar-refractivity contribution is 5.93. The lowest BCUT2D eigenvalue weighted by atomic mass is 10.2. The van der Waals surface area contributed by atoms with E-state index >= 15 is 0 Å². The maximum Gasteiger partial charge on any atom is 0.272 e. The molecule has 0 N–H and O–H groups in total. The van der Waals surface area contributed by atoms with Crippen LogP contribution < -0.4 is 14.5 Å². The first-order valence-electron chi connectivity index (χ1n) is 10.2. The number of para-hydroxylation sites is 2. The van der Waals surface area contributed by atoms with Gasteiger partial charge in [-0.3, -0.25) is 9.78 Å². The van der Waals surface area contributed by atoms with Crippen LogP contribution >= 0.6 is 0 Å². The first-order valence-corrected chi connectivity index (χ1v) is 10.2. The molecular weight excluding hydrogens is 366 g/mol. The number of carbonyl (C=O) groups is 1. The molecule has 0 atom stereocenters. The Balaban J connectivity index is 1.40. The summed E-state index contributed by atoms with van der Waals surface area (Å²) in [5, 5.41) is 0. The normalized spacial score (nSPS) is 18.1. The highest BCUT2D eigenvalue weighted by Gasteiger charge is 2.25. The minimum atomic E-state index is 0.0145.